The van der Waals surface area contributed by atoms with E-state index in [0.29, 0.717) is 12.3 Å². The third-order valence-electron chi connectivity index (χ3n) is 2.97. The number of thiol groups is 1. The third kappa shape index (κ3) is 7.42. The zero-order valence-corrected chi connectivity index (χ0v) is 12.9. The van der Waals surface area contributed by atoms with Gasteiger partial charge < -0.3 is 15.7 Å². The monoisotopic (exact) mass is 290 g/mol. The summed E-state index contributed by atoms with van der Waals surface area (Å²) in [6, 6.07) is 0. The fourth-order valence-electron chi connectivity index (χ4n) is 1.82. The first-order chi connectivity index (χ1) is 8.85. The first kappa shape index (κ1) is 18.2. The highest BCUT2D eigenvalue weighted by Gasteiger charge is 2.32. The van der Waals surface area contributed by atoms with Gasteiger partial charge >= 0.3 is 0 Å². The van der Waals surface area contributed by atoms with Crippen molar-refractivity contribution in [2.75, 3.05) is 18.8 Å². The van der Waals surface area contributed by atoms with E-state index in [1.807, 2.05) is 20.8 Å². The molecule has 0 saturated heterocycles. The van der Waals surface area contributed by atoms with Gasteiger partial charge in [-0.1, -0.05) is 27.2 Å². The van der Waals surface area contributed by atoms with Gasteiger partial charge in [0.2, 0.25) is 11.8 Å². The molecule has 0 bridgehead atoms. The third-order valence-corrected chi connectivity index (χ3v) is 3.19. The van der Waals surface area contributed by atoms with E-state index in [4.69, 9.17) is 0 Å². The molecule has 19 heavy (non-hydrogen) atoms. The zero-order chi connectivity index (χ0) is 14.9. The summed E-state index contributed by atoms with van der Waals surface area (Å²) in [5.41, 5.74) is -0.451. The fraction of sp³-hybridized carbons (Fsp3) is 0.846. The van der Waals surface area contributed by atoms with E-state index in [9.17, 15) is 14.7 Å². The molecule has 0 aliphatic carbocycles. The quantitative estimate of drug-likeness (QED) is 0.473. The topological polar surface area (TPSA) is 78.4 Å². The molecular formula is C13H26N2O3S. The lowest BCUT2D eigenvalue weighted by atomic mass is 9.82. The smallest absolute Gasteiger partial charge is 0.249 e. The summed E-state index contributed by atoms with van der Waals surface area (Å²) < 4.78 is 0. The van der Waals surface area contributed by atoms with Crippen molar-refractivity contribution < 1.29 is 14.7 Å². The van der Waals surface area contributed by atoms with Gasteiger partial charge in [-0.2, -0.15) is 12.6 Å². The van der Waals surface area contributed by atoms with E-state index >= 15 is 0 Å². The van der Waals surface area contributed by atoms with Gasteiger partial charge in [0.05, 0.1) is 0 Å². The number of rotatable bonds is 9. The maximum Gasteiger partial charge on any atom is 0.249 e. The lowest BCUT2D eigenvalue weighted by Gasteiger charge is -2.29. The Bertz CT molecular complexity index is 296. The van der Waals surface area contributed by atoms with Crippen molar-refractivity contribution in [3.05, 3.63) is 0 Å². The molecule has 0 rings (SSSR count). The van der Waals surface area contributed by atoms with Gasteiger partial charge in [0.15, 0.2) is 0 Å². The van der Waals surface area contributed by atoms with Crippen LogP contribution in [-0.2, 0) is 9.59 Å². The highest BCUT2D eigenvalue weighted by atomic mass is 32.1. The van der Waals surface area contributed by atoms with Crippen LogP contribution in [-0.4, -0.2) is 41.9 Å². The van der Waals surface area contributed by atoms with Gasteiger partial charge in [-0.05, 0) is 11.8 Å². The van der Waals surface area contributed by atoms with E-state index in [2.05, 4.69) is 23.3 Å². The van der Waals surface area contributed by atoms with Gasteiger partial charge in [0, 0.05) is 25.3 Å². The summed E-state index contributed by atoms with van der Waals surface area (Å²) in [6.07, 6.45) is 0.835. The van der Waals surface area contributed by atoms with Crippen molar-refractivity contribution in [2.24, 2.45) is 5.41 Å². The minimum Gasteiger partial charge on any atom is -0.383 e. The number of nitrogens with one attached hydrogen (secondary N) is 2. The van der Waals surface area contributed by atoms with Gasteiger partial charge in [0.1, 0.15) is 6.10 Å². The van der Waals surface area contributed by atoms with Gasteiger partial charge in [0.25, 0.3) is 0 Å². The molecule has 6 heteroatoms. The lowest BCUT2D eigenvalue weighted by molar-refractivity contribution is -0.135. The molecule has 0 fully saturated rings. The minimum absolute atomic E-state index is 0.128. The molecule has 5 nitrogen and oxygen atoms in total. The van der Waals surface area contributed by atoms with E-state index in [1.54, 1.807) is 0 Å². The summed E-state index contributed by atoms with van der Waals surface area (Å²) in [5, 5.41) is 15.2. The molecule has 0 aromatic heterocycles. The van der Waals surface area contributed by atoms with Crippen molar-refractivity contribution in [3.8, 4) is 0 Å². The Kier molecular flexibility index (Phi) is 8.84. The Balaban J connectivity index is 4.01. The average molecular weight is 290 g/mol. The molecule has 0 aliphatic rings. The fourth-order valence-corrected chi connectivity index (χ4v) is 1.93. The van der Waals surface area contributed by atoms with Crippen LogP contribution in [0.5, 0.6) is 0 Å². The number of hydrogen-bond donors (Lipinski definition) is 4. The Labute approximate surface area is 120 Å². The first-order valence-electron chi connectivity index (χ1n) is 6.68. The molecule has 1 atom stereocenters. The largest absolute Gasteiger partial charge is 0.383 e. The summed E-state index contributed by atoms with van der Waals surface area (Å²) in [6.45, 7) is 6.48. The van der Waals surface area contributed by atoms with E-state index in [-0.39, 0.29) is 18.9 Å². The SMILES string of the molecule is CCCC(C)(C)[C@@H](O)C(=O)NCCC(=O)NCCS. The number of aliphatic hydroxyl groups is 1. The molecule has 0 radical (unpaired) electrons. The molecular weight excluding hydrogens is 264 g/mol. The molecule has 0 heterocycles. The summed E-state index contributed by atoms with van der Waals surface area (Å²) in [4.78, 5) is 23.0. The van der Waals surface area contributed by atoms with Crippen molar-refractivity contribution in [1.29, 1.82) is 0 Å². The Morgan fingerprint density at radius 2 is 1.89 bits per heavy atom. The highest BCUT2D eigenvalue weighted by molar-refractivity contribution is 7.80. The molecule has 2 amide bonds. The molecule has 0 aromatic carbocycles. The highest BCUT2D eigenvalue weighted by Crippen LogP contribution is 2.26. The standard InChI is InChI=1S/C13H26N2O3S/c1-4-6-13(2,3)11(17)12(18)15-7-5-10(16)14-8-9-19/h11,17,19H,4-9H2,1-3H3,(H,14,16)(H,15,18)/t11-/m0/s1. The second-order valence-corrected chi connectivity index (χ2v) is 5.70. The predicted molar refractivity (Wildman–Crippen MR) is 79.2 cm³/mol. The van der Waals surface area contributed by atoms with Crippen LogP contribution in [0.1, 0.15) is 40.0 Å². The number of carbonyl (C=O) groups excluding carboxylic acids is 2. The first-order valence-corrected chi connectivity index (χ1v) is 7.31. The number of carbonyl (C=O) groups is 2. The Morgan fingerprint density at radius 3 is 2.42 bits per heavy atom. The summed E-state index contributed by atoms with van der Waals surface area (Å²) in [5.74, 6) is 0.0410. The second kappa shape index (κ2) is 9.20. The Morgan fingerprint density at radius 1 is 1.26 bits per heavy atom. The molecule has 0 spiro atoms. The van der Waals surface area contributed by atoms with Crippen molar-refractivity contribution in [3.63, 3.8) is 0 Å². The van der Waals surface area contributed by atoms with E-state index in [1.165, 1.54) is 0 Å². The van der Waals surface area contributed by atoms with E-state index < -0.39 is 17.4 Å². The number of aliphatic hydroxyl groups excluding tert-OH is 1. The van der Waals surface area contributed by atoms with Crippen molar-refractivity contribution in [2.45, 2.75) is 46.1 Å². The molecule has 0 aromatic rings. The van der Waals surface area contributed by atoms with Crippen LogP contribution in [0.2, 0.25) is 0 Å². The van der Waals surface area contributed by atoms with Crippen LogP contribution in [0.15, 0.2) is 0 Å². The maximum atomic E-state index is 11.8. The normalized spacial score (nSPS) is 12.9. The van der Waals surface area contributed by atoms with Crippen LogP contribution in [0.3, 0.4) is 0 Å². The van der Waals surface area contributed by atoms with Gasteiger partial charge in [-0.3, -0.25) is 9.59 Å². The van der Waals surface area contributed by atoms with Crippen LogP contribution in [0, 0.1) is 5.41 Å². The maximum absolute atomic E-state index is 11.8. The lowest BCUT2D eigenvalue weighted by Crippen LogP contribution is -2.44. The molecule has 0 unspecified atom stereocenters. The van der Waals surface area contributed by atoms with Crippen LogP contribution in [0.4, 0.5) is 0 Å². The molecule has 112 valence electrons. The molecule has 0 aliphatic heterocycles. The second-order valence-electron chi connectivity index (χ2n) is 5.26. The van der Waals surface area contributed by atoms with Crippen LogP contribution in [0.25, 0.3) is 0 Å². The van der Waals surface area contributed by atoms with Gasteiger partial charge in [-0.15, -0.1) is 0 Å². The number of hydrogen-bond acceptors (Lipinski definition) is 4. The molecule has 3 N–H and O–H groups in total. The van der Waals surface area contributed by atoms with Crippen molar-refractivity contribution >= 4 is 24.4 Å². The minimum atomic E-state index is -1.05. The predicted octanol–water partition coefficient (Wildman–Crippen LogP) is 0.726. The van der Waals surface area contributed by atoms with Crippen LogP contribution >= 0.6 is 12.6 Å². The molecule has 0 saturated carbocycles. The zero-order valence-electron chi connectivity index (χ0n) is 12.0. The average Bonchev–Trinajstić information content (AvgIpc) is 2.35. The number of amides is 2. The summed E-state index contributed by atoms with van der Waals surface area (Å²) >= 11 is 3.98. The summed E-state index contributed by atoms with van der Waals surface area (Å²) in [7, 11) is 0. The Hall–Kier alpha value is -0.750. The van der Waals surface area contributed by atoms with E-state index in [0.717, 1.165) is 12.8 Å². The van der Waals surface area contributed by atoms with Gasteiger partial charge in [-0.25, -0.2) is 0 Å². The van der Waals surface area contributed by atoms with Crippen molar-refractivity contribution in [1.82, 2.24) is 10.6 Å². The van der Waals surface area contributed by atoms with Crippen LogP contribution < -0.4 is 10.6 Å².